The minimum Gasteiger partial charge on any atom is -0.465 e. The summed E-state index contributed by atoms with van der Waals surface area (Å²) in [7, 11) is 0. The van der Waals surface area contributed by atoms with Crippen molar-refractivity contribution in [1.82, 2.24) is 10.6 Å². The molecule has 0 rings (SSSR count). The maximum atomic E-state index is 11.2. The Hall–Kier alpha value is -1.50. The molecule has 0 spiro atoms. The van der Waals surface area contributed by atoms with E-state index in [4.69, 9.17) is 10.8 Å². The Balaban J connectivity index is 5.74. The zero-order chi connectivity index (χ0) is 16.4. The first-order valence-electron chi connectivity index (χ1n) is 6.49. The van der Waals surface area contributed by atoms with Gasteiger partial charge in [-0.25, -0.2) is 9.59 Å². The highest BCUT2D eigenvalue weighted by Crippen LogP contribution is 2.45. The SMILES string of the molecule is CC(C)(C)C(NC(=O)O)(C(N)CNC(=O)O)C(C)(C)C. The molecule has 0 saturated heterocycles. The Kier molecular flexibility index (Phi) is 5.43. The summed E-state index contributed by atoms with van der Waals surface area (Å²) in [5.41, 5.74) is 4.14. The van der Waals surface area contributed by atoms with E-state index in [2.05, 4.69) is 10.6 Å². The first kappa shape index (κ1) is 18.5. The van der Waals surface area contributed by atoms with Crippen molar-refractivity contribution in [3.8, 4) is 0 Å². The van der Waals surface area contributed by atoms with Gasteiger partial charge in [-0.2, -0.15) is 0 Å². The lowest BCUT2D eigenvalue weighted by Crippen LogP contribution is -2.74. The molecule has 0 aromatic rings. The zero-order valence-corrected chi connectivity index (χ0v) is 13.1. The molecule has 0 bridgehead atoms. The topological polar surface area (TPSA) is 125 Å². The summed E-state index contributed by atoms with van der Waals surface area (Å²) in [6.07, 6.45) is -2.37. The van der Waals surface area contributed by atoms with Crippen molar-refractivity contribution >= 4 is 12.2 Å². The van der Waals surface area contributed by atoms with Crippen LogP contribution in [0, 0.1) is 10.8 Å². The summed E-state index contributed by atoms with van der Waals surface area (Å²) >= 11 is 0. The molecule has 2 amide bonds. The second kappa shape index (κ2) is 5.87. The molecule has 20 heavy (non-hydrogen) atoms. The van der Waals surface area contributed by atoms with Gasteiger partial charge in [0, 0.05) is 12.6 Å². The average Bonchev–Trinajstić information content (AvgIpc) is 2.18. The number of hydrogen-bond acceptors (Lipinski definition) is 3. The van der Waals surface area contributed by atoms with Crippen molar-refractivity contribution in [3.05, 3.63) is 0 Å². The standard InChI is InChI=1S/C13H27N3O4/c1-11(2,3)13(12(4,5)6,16-10(19)20)8(14)7-15-9(17)18/h8,15-16H,7,14H2,1-6H3,(H,17,18)(H,19,20). The summed E-state index contributed by atoms with van der Waals surface area (Å²) in [6, 6.07) is -0.713. The van der Waals surface area contributed by atoms with Crippen LogP contribution in [0.2, 0.25) is 0 Å². The molecule has 0 fully saturated rings. The summed E-state index contributed by atoms with van der Waals surface area (Å²) in [4.78, 5) is 21.9. The quantitative estimate of drug-likeness (QED) is 0.538. The monoisotopic (exact) mass is 289 g/mol. The number of amides is 2. The van der Waals surface area contributed by atoms with Crippen LogP contribution < -0.4 is 16.4 Å². The zero-order valence-electron chi connectivity index (χ0n) is 13.1. The van der Waals surface area contributed by atoms with Gasteiger partial charge in [0.25, 0.3) is 0 Å². The van der Waals surface area contributed by atoms with Gasteiger partial charge in [0.05, 0.1) is 5.54 Å². The Morgan fingerprint density at radius 2 is 1.40 bits per heavy atom. The van der Waals surface area contributed by atoms with Crippen LogP contribution in [0.3, 0.4) is 0 Å². The largest absolute Gasteiger partial charge is 0.465 e. The van der Waals surface area contributed by atoms with Crippen molar-refractivity contribution in [3.63, 3.8) is 0 Å². The van der Waals surface area contributed by atoms with Crippen LogP contribution in [-0.4, -0.2) is 40.5 Å². The molecule has 0 aromatic heterocycles. The Bertz CT molecular complexity index is 355. The molecular weight excluding hydrogens is 262 g/mol. The lowest BCUT2D eigenvalue weighted by molar-refractivity contribution is 0.00180. The van der Waals surface area contributed by atoms with Crippen LogP contribution in [0.1, 0.15) is 41.5 Å². The Labute approximate surface area is 119 Å². The van der Waals surface area contributed by atoms with Crippen molar-refractivity contribution in [1.29, 1.82) is 0 Å². The normalized spacial score (nSPS) is 14.6. The van der Waals surface area contributed by atoms with Crippen molar-refractivity contribution in [2.24, 2.45) is 16.6 Å². The minimum absolute atomic E-state index is 0.0375. The van der Waals surface area contributed by atoms with E-state index in [9.17, 15) is 14.7 Å². The first-order valence-corrected chi connectivity index (χ1v) is 6.49. The molecular formula is C13H27N3O4. The van der Waals surface area contributed by atoms with E-state index < -0.39 is 34.6 Å². The van der Waals surface area contributed by atoms with E-state index in [0.717, 1.165) is 0 Å². The second-order valence-corrected chi connectivity index (χ2v) is 7.03. The predicted molar refractivity (Wildman–Crippen MR) is 76.8 cm³/mol. The van der Waals surface area contributed by atoms with Crippen molar-refractivity contribution in [2.45, 2.75) is 53.1 Å². The van der Waals surface area contributed by atoms with Crippen LogP contribution in [0.4, 0.5) is 9.59 Å². The number of rotatable bonds is 4. The Morgan fingerprint density at radius 1 is 1.00 bits per heavy atom. The molecule has 1 atom stereocenters. The van der Waals surface area contributed by atoms with Crippen LogP contribution >= 0.6 is 0 Å². The third-order valence-corrected chi connectivity index (χ3v) is 3.70. The van der Waals surface area contributed by atoms with Gasteiger partial charge >= 0.3 is 12.2 Å². The summed E-state index contributed by atoms with van der Waals surface area (Å²) in [5.74, 6) is 0. The van der Waals surface area contributed by atoms with Crippen LogP contribution in [0.25, 0.3) is 0 Å². The van der Waals surface area contributed by atoms with Gasteiger partial charge in [0.1, 0.15) is 0 Å². The van der Waals surface area contributed by atoms with E-state index in [1.807, 2.05) is 41.5 Å². The number of hydrogen-bond donors (Lipinski definition) is 5. The molecule has 0 aliphatic rings. The molecule has 0 aliphatic heterocycles. The van der Waals surface area contributed by atoms with Crippen molar-refractivity contribution in [2.75, 3.05) is 6.54 Å². The molecule has 0 saturated carbocycles. The lowest BCUT2D eigenvalue weighted by atomic mass is 9.56. The summed E-state index contributed by atoms with van der Waals surface area (Å²) in [5, 5.41) is 22.7. The number of nitrogens with two attached hydrogens (primary N) is 1. The number of carboxylic acid groups (broad SMARTS) is 2. The van der Waals surface area contributed by atoms with Gasteiger partial charge in [0.2, 0.25) is 0 Å². The Morgan fingerprint density at radius 3 is 1.65 bits per heavy atom. The van der Waals surface area contributed by atoms with Gasteiger partial charge < -0.3 is 26.6 Å². The lowest BCUT2D eigenvalue weighted by Gasteiger charge is -2.56. The highest BCUT2D eigenvalue weighted by molar-refractivity contribution is 5.67. The van der Waals surface area contributed by atoms with Gasteiger partial charge in [0.15, 0.2) is 0 Å². The smallest absolute Gasteiger partial charge is 0.405 e. The highest BCUT2D eigenvalue weighted by Gasteiger charge is 2.55. The summed E-state index contributed by atoms with van der Waals surface area (Å²) in [6.45, 7) is 11.3. The van der Waals surface area contributed by atoms with Gasteiger partial charge in [-0.15, -0.1) is 0 Å². The maximum absolute atomic E-state index is 11.2. The fourth-order valence-corrected chi connectivity index (χ4v) is 3.22. The number of nitrogens with one attached hydrogen (secondary N) is 2. The molecule has 0 heterocycles. The predicted octanol–water partition coefficient (Wildman–Crippen LogP) is 1.68. The third kappa shape index (κ3) is 3.75. The molecule has 1 unspecified atom stereocenters. The molecule has 0 aromatic carbocycles. The summed E-state index contributed by atoms with van der Waals surface area (Å²) < 4.78 is 0. The molecule has 7 nitrogen and oxygen atoms in total. The van der Waals surface area contributed by atoms with E-state index in [0.29, 0.717) is 0 Å². The molecule has 0 radical (unpaired) electrons. The van der Waals surface area contributed by atoms with Gasteiger partial charge in [-0.1, -0.05) is 41.5 Å². The first-order chi connectivity index (χ1) is 8.75. The van der Waals surface area contributed by atoms with Crippen LogP contribution in [0.15, 0.2) is 0 Å². The van der Waals surface area contributed by atoms with Gasteiger partial charge in [-0.05, 0) is 10.8 Å². The minimum atomic E-state index is -1.19. The van der Waals surface area contributed by atoms with E-state index in [1.54, 1.807) is 0 Å². The molecule has 7 heteroatoms. The molecule has 118 valence electrons. The fourth-order valence-electron chi connectivity index (χ4n) is 3.22. The fraction of sp³-hybridized carbons (Fsp3) is 0.846. The van der Waals surface area contributed by atoms with Gasteiger partial charge in [-0.3, -0.25) is 0 Å². The van der Waals surface area contributed by atoms with Crippen LogP contribution in [0.5, 0.6) is 0 Å². The third-order valence-electron chi connectivity index (χ3n) is 3.70. The molecule has 6 N–H and O–H groups in total. The second-order valence-electron chi connectivity index (χ2n) is 7.03. The van der Waals surface area contributed by atoms with Crippen LogP contribution in [-0.2, 0) is 0 Å². The number of carbonyl (C=O) groups is 2. The van der Waals surface area contributed by atoms with E-state index in [1.165, 1.54) is 0 Å². The maximum Gasteiger partial charge on any atom is 0.405 e. The van der Waals surface area contributed by atoms with E-state index in [-0.39, 0.29) is 6.54 Å². The van der Waals surface area contributed by atoms with E-state index >= 15 is 0 Å². The van der Waals surface area contributed by atoms with Crippen molar-refractivity contribution < 1.29 is 19.8 Å². The average molecular weight is 289 g/mol. The highest BCUT2D eigenvalue weighted by atomic mass is 16.4. The molecule has 0 aliphatic carbocycles.